The molecule has 0 aliphatic rings. The van der Waals surface area contributed by atoms with Gasteiger partial charge in [-0.05, 0) is 0 Å². The van der Waals surface area contributed by atoms with Crippen LogP contribution in [0.5, 0.6) is 11.5 Å². The van der Waals surface area contributed by atoms with Crippen molar-refractivity contribution in [3.05, 3.63) is 23.0 Å². The molecule has 0 amide bonds. The Kier molecular flexibility index (Phi) is 2.76. The molecule has 0 spiro atoms. The van der Waals surface area contributed by atoms with Crippen LogP contribution in [0.3, 0.4) is 0 Å². The maximum absolute atomic E-state index is 12.8. The summed E-state index contributed by atoms with van der Waals surface area (Å²) >= 11 is 5.51. The highest BCUT2D eigenvalue weighted by Crippen LogP contribution is 2.31. The van der Waals surface area contributed by atoms with Gasteiger partial charge >= 0.3 is 0 Å². The number of hydrogen-bond donors (Lipinski definition) is 0. The monoisotopic (exact) mass is 190 g/mol. The van der Waals surface area contributed by atoms with Crippen molar-refractivity contribution < 1.29 is 13.9 Å². The molecule has 1 aromatic carbocycles. The van der Waals surface area contributed by atoms with Gasteiger partial charge in [-0.2, -0.15) is 0 Å². The molecule has 0 saturated heterocycles. The number of rotatable bonds is 2. The van der Waals surface area contributed by atoms with Gasteiger partial charge in [0, 0.05) is 12.1 Å². The predicted octanol–water partition coefficient (Wildman–Crippen LogP) is 2.50. The van der Waals surface area contributed by atoms with Gasteiger partial charge in [-0.15, -0.1) is 0 Å². The molecular formula is C8H8ClFO2. The first-order valence-electron chi connectivity index (χ1n) is 3.26. The van der Waals surface area contributed by atoms with Crippen molar-refractivity contribution in [2.24, 2.45) is 0 Å². The van der Waals surface area contributed by atoms with Crippen LogP contribution in [0.25, 0.3) is 0 Å². The Balaban J connectivity index is 3.19. The molecule has 0 heterocycles. The molecule has 0 aromatic heterocycles. The molecule has 66 valence electrons. The third-order valence-corrected chi connectivity index (χ3v) is 1.72. The normalized spacial score (nSPS) is 9.67. The third kappa shape index (κ3) is 1.61. The van der Waals surface area contributed by atoms with Gasteiger partial charge in [0.15, 0.2) is 11.5 Å². The van der Waals surface area contributed by atoms with E-state index in [-0.39, 0.29) is 5.02 Å². The Labute approximate surface area is 74.9 Å². The van der Waals surface area contributed by atoms with Gasteiger partial charge in [0.05, 0.1) is 19.2 Å². The van der Waals surface area contributed by atoms with Crippen LogP contribution in [-0.2, 0) is 0 Å². The van der Waals surface area contributed by atoms with E-state index in [1.165, 1.54) is 26.4 Å². The van der Waals surface area contributed by atoms with Gasteiger partial charge in [-0.1, -0.05) is 11.6 Å². The molecule has 0 bridgehead atoms. The minimum Gasteiger partial charge on any atom is -0.493 e. The van der Waals surface area contributed by atoms with Crippen LogP contribution in [0.15, 0.2) is 12.1 Å². The zero-order chi connectivity index (χ0) is 9.14. The van der Waals surface area contributed by atoms with Crippen LogP contribution in [0.1, 0.15) is 0 Å². The minimum atomic E-state index is -0.519. The molecule has 0 radical (unpaired) electrons. The zero-order valence-corrected chi connectivity index (χ0v) is 7.48. The molecule has 4 heteroatoms. The van der Waals surface area contributed by atoms with E-state index < -0.39 is 5.82 Å². The SMILES string of the molecule is COc1cc(F)c(Cl)cc1OC. The second-order valence-electron chi connectivity index (χ2n) is 2.12. The van der Waals surface area contributed by atoms with E-state index >= 15 is 0 Å². The maximum atomic E-state index is 12.8. The smallest absolute Gasteiger partial charge is 0.163 e. The van der Waals surface area contributed by atoms with Crippen LogP contribution < -0.4 is 9.47 Å². The summed E-state index contributed by atoms with van der Waals surface area (Å²) in [5.41, 5.74) is 0. The Morgan fingerprint density at radius 3 is 2.17 bits per heavy atom. The first kappa shape index (κ1) is 9.13. The summed E-state index contributed by atoms with van der Waals surface area (Å²) in [7, 11) is 2.90. The van der Waals surface area contributed by atoms with Crippen molar-refractivity contribution >= 4 is 11.6 Å². The summed E-state index contributed by atoms with van der Waals surface area (Å²) in [5.74, 6) is 0.234. The van der Waals surface area contributed by atoms with Crippen LogP contribution in [0.4, 0.5) is 4.39 Å². The van der Waals surface area contributed by atoms with E-state index in [9.17, 15) is 4.39 Å². The summed E-state index contributed by atoms with van der Waals surface area (Å²) in [4.78, 5) is 0. The number of hydrogen-bond acceptors (Lipinski definition) is 2. The molecule has 2 nitrogen and oxygen atoms in total. The van der Waals surface area contributed by atoms with E-state index in [0.717, 1.165) is 0 Å². The Bertz CT molecular complexity index is 260. The fraction of sp³-hybridized carbons (Fsp3) is 0.250. The van der Waals surface area contributed by atoms with E-state index in [1.807, 2.05) is 0 Å². The first-order chi connectivity index (χ1) is 5.69. The molecule has 0 aliphatic heterocycles. The minimum absolute atomic E-state index is 0.0210. The van der Waals surface area contributed by atoms with E-state index in [0.29, 0.717) is 11.5 Å². The van der Waals surface area contributed by atoms with Gasteiger partial charge < -0.3 is 9.47 Å². The average molecular weight is 191 g/mol. The Morgan fingerprint density at radius 2 is 1.67 bits per heavy atom. The first-order valence-corrected chi connectivity index (χ1v) is 3.64. The average Bonchev–Trinajstić information content (AvgIpc) is 2.09. The number of methoxy groups -OCH3 is 2. The molecule has 12 heavy (non-hydrogen) atoms. The lowest BCUT2D eigenvalue weighted by Crippen LogP contribution is -1.91. The summed E-state index contributed by atoms with van der Waals surface area (Å²) < 4.78 is 22.6. The van der Waals surface area contributed by atoms with Crippen molar-refractivity contribution in [1.82, 2.24) is 0 Å². The molecule has 1 rings (SSSR count). The van der Waals surface area contributed by atoms with Crippen molar-refractivity contribution in [2.75, 3.05) is 14.2 Å². The molecule has 1 aromatic rings. The van der Waals surface area contributed by atoms with Crippen molar-refractivity contribution in [2.45, 2.75) is 0 Å². The molecule has 0 saturated carbocycles. The largest absolute Gasteiger partial charge is 0.493 e. The maximum Gasteiger partial charge on any atom is 0.163 e. The second kappa shape index (κ2) is 3.63. The summed E-state index contributed by atoms with van der Waals surface area (Å²) in [6.07, 6.45) is 0. The third-order valence-electron chi connectivity index (χ3n) is 1.43. The van der Waals surface area contributed by atoms with Crippen LogP contribution in [0.2, 0.25) is 5.02 Å². The number of halogens is 2. The number of ether oxygens (including phenoxy) is 2. The predicted molar refractivity (Wildman–Crippen MR) is 44.5 cm³/mol. The Morgan fingerprint density at radius 1 is 1.17 bits per heavy atom. The Hall–Kier alpha value is -0.960. The highest BCUT2D eigenvalue weighted by atomic mass is 35.5. The standard InChI is InChI=1S/C8H8ClFO2/c1-11-7-3-5(9)6(10)4-8(7)12-2/h3-4H,1-2H3. The van der Waals surface area contributed by atoms with Gasteiger partial charge in [-0.3, -0.25) is 0 Å². The molecule has 0 atom stereocenters. The second-order valence-corrected chi connectivity index (χ2v) is 2.53. The van der Waals surface area contributed by atoms with Gasteiger partial charge in [0.2, 0.25) is 0 Å². The fourth-order valence-corrected chi connectivity index (χ4v) is 0.983. The van der Waals surface area contributed by atoms with Crippen LogP contribution in [0, 0.1) is 5.82 Å². The number of benzene rings is 1. The quantitative estimate of drug-likeness (QED) is 0.714. The summed E-state index contributed by atoms with van der Waals surface area (Å²) in [6, 6.07) is 2.55. The molecule has 0 aliphatic carbocycles. The highest BCUT2D eigenvalue weighted by molar-refractivity contribution is 6.30. The lowest BCUT2D eigenvalue weighted by atomic mass is 10.3. The van der Waals surface area contributed by atoms with Crippen molar-refractivity contribution in [1.29, 1.82) is 0 Å². The molecule has 0 fully saturated rings. The van der Waals surface area contributed by atoms with Gasteiger partial charge in [-0.25, -0.2) is 4.39 Å². The van der Waals surface area contributed by atoms with E-state index in [1.54, 1.807) is 0 Å². The fourth-order valence-electron chi connectivity index (χ4n) is 0.829. The van der Waals surface area contributed by atoms with Crippen LogP contribution >= 0.6 is 11.6 Å². The molecule has 0 N–H and O–H groups in total. The molecule has 0 unspecified atom stereocenters. The summed E-state index contributed by atoms with van der Waals surface area (Å²) in [5, 5.41) is 0.0210. The van der Waals surface area contributed by atoms with E-state index in [2.05, 4.69) is 0 Å². The van der Waals surface area contributed by atoms with E-state index in [4.69, 9.17) is 21.1 Å². The highest BCUT2D eigenvalue weighted by Gasteiger charge is 2.08. The van der Waals surface area contributed by atoms with Gasteiger partial charge in [0.1, 0.15) is 5.82 Å². The van der Waals surface area contributed by atoms with Crippen molar-refractivity contribution in [3.63, 3.8) is 0 Å². The van der Waals surface area contributed by atoms with Crippen molar-refractivity contribution in [3.8, 4) is 11.5 Å². The summed E-state index contributed by atoms with van der Waals surface area (Å²) in [6.45, 7) is 0. The lowest BCUT2D eigenvalue weighted by Gasteiger charge is -2.07. The lowest BCUT2D eigenvalue weighted by molar-refractivity contribution is 0.352. The molecular weight excluding hydrogens is 183 g/mol. The zero-order valence-electron chi connectivity index (χ0n) is 6.73. The topological polar surface area (TPSA) is 18.5 Å². The van der Waals surface area contributed by atoms with Crippen LogP contribution in [-0.4, -0.2) is 14.2 Å². The van der Waals surface area contributed by atoms with Gasteiger partial charge in [0.25, 0.3) is 0 Å².